The minimum absolute atomic E-state index is 0.210. The number of rotatable bonds is 3. The lowest BCUT2D eigenvalue weighted by Gasteiger charge is -2.04. The van der Waals surface area contributed by atoms with Crippen molar-refractivity contribution in [3.05, 3.63) is 47.4 Å². The molecule has 5 heteroatoms. The number of hydrogen-bond donors (Lipinski definition) is 2. The molecule has 0 saturated carbocycles. The molecule has 1 amide bonds. The van der Waals surface area contributed by atoms with Crippen LogP contribution in [0.25, 0.3) is 0 Å². The first kappa shape index (κ1) is 11.9. The Morgan fingerprint density at radius 2 is 1.88 bits per heavy atom. The highest BCUT2D eigenvalue weighted by atomic mass is 19.1. The van der Waals surface area contributed by atoms with E-state index in [1.807, 2.05) is 0 Å². The van der Waals surface area contributed by atoms with E-state index in [0.717, 1.165) is 18.2 Å². The summed E-state index contributed by atoms with van der Waals surface area (Å²) in [7, 11) is 0. The molecule has 0 aliphatic rings. The van der Waals surface area contributed by atoms with Crippen LogP contribution in [0.2, 0.25) is 0 Å². The highest BCUT2D eigenvalue weighted by Gasteiger charge is 2.05. The quantitative estimate of drug-likeness (QED) is 0.764. The van der Waals surface area contributed by atoms with Gasteiger partial charge in [0.1, 0.15) is 5.82 Å². The highest BCUT2D eigenvalue weighted by molar-refractivity contribution is 5.95. The molecule has 1 aromatic rings. The smallest absolute Gasteiger partial charge is 0.330 e. The standard InChI is InChI=1S/C11H10FNO3/c1-7(6-10(14)15)13-11(16)8-2-4-9(12)5-3-8/h2-6H,1H3,(H,13,16)(H,14,15)/b7-6+. The van der Waals surface area contributed by atoms with Gasteiger partial charge in [0, 0.05) is 17.3 Å². The van der Waals surface area contributed by atoms with Crippen molar-refractivity contribution in [2.24, 2.45) is 0 Å². The normalized spacial score (nSPS) is 11.0. The molecule has 0 unspecified atom stereocenters. The molecule has 84 valence electrons. The second-order valence-corrected chi connectivity index (χ2v) is 3.13. The zero-order valence-corrected chi connectivity index (χ0v) is 8.53. The average Bonchev–Trinajstić information content (AvgIpc) is 2.16. The van der Waals surface area contributed by atoms with E-state index in [9.17, 15) is 14.0 Å². The summed E-state index contributed by atoms with van der Waals surface area (Å²) in [6, 6.07) is 4.95. The number of carbonyl (C=O) groups excluding carboxylic acids is 1. The molecule has 2 N–H and O–H groups in total. The van der Waals surface area contributed by atoms with Gasteiger partial charge in [0.25, 0.3) is 5.91 Å². The molecule has 1 rings (SSSR count). The molecule has 0 saturated heterocycles. The van der Waals surface area contributed by atoms with Gasteiger partial charge in [-0.05, 0) is 31.2 Å². The van der Waals surface area contributed by atoms with Crippen LogP contribution in [0.3, 0.4) is 0 Å². The maximum atomic E-state index is 12.6. The average molecular weight is 223 g/mol. The molecule has 1 aromatic carbocycles. The van der Waals surface area contributed by atoms with E-state index >= 15 is 0 Å². The predicted molar refractivity (Wildman–Crippen MR) is 55.3 cm³/mol. The van der Waals surface area contributed by atoms with Crippen LogP contribution >= 0.6 is 0 Å². The number of hydrogen-bond acceptors (Lipinski definition) is 2. The van der Waals surface area contributed by atoms with Gasteiger partial charge in [-0.2, -0.15) is 0 Å². The van der Waals surface area contributed by atoms with Gasteiger partial charge < -0.3 is 10.4 Å². The summed E-state index contributed by atoms with van der Waals surface area (Å²) in [6.07, 6.45) is 0.876. The number of halogens is 1. The minimum Gasteiger partial charge on any atom is -0.478 e. The van der Waals surface area contributed by atoms with Gasteiger partial charge in [-0.25, -0.2) is 9.18 Å². The second kappa shape index (κ2) is 5.06. The molecule has 0 bridgehead atoms. The van der Waals surface area contributed by atoms with Crippen molar-refractivity contribution in [1.82, 2.24) is 5.32 Å². The Hall–Kier alpha value is -2.17. The minimum atomic E-state index is -1.14. The van der Waals surface area contributed by atoms with E-state index in [1.54, 1.807) is 0 Å². The van der Waals surface area contributed by atoms with E-state index in [2.05, 4.69) is 5.32 Å². The largest absolute Gasteiger partial charge is 0.478 e. The number of aliphatic carboxylic acids is 1. The molecule has 0 spiro atoms. The van der Waals surface area contributed by atoms with Crippen LogP contribution in [-0.4, -0.2) is 17.0 Å². The van der Waals surface area contributed by atoms with Gasteiger partial charge in [-0.1, -0.05) is 0 Å². The third-order valence-corrected chi connectivity index (χ3v) is 1.76. The third kappa shape index (κ3) is 3.53. The van der Waals surface area contributed by atoms with E-state index < -0.39 is 17.7 Å². The molecule has 0 aromatic heterocycles. The summed E-state index contributed by atoms with van der Waals surface area (Å²) in [5.74, 6) is -2.05. The molecular weight excluding hydrogens is 213 g/mol. The maximum Gasteiger partial charge on any atom is 0.330 e. The number of amides is 1. The van der Waals surface area contributed by atoms with E-state index in [-0.39, 0.29) is 11.3 Å². The van der Waals surface area contributed by atoms with Crippen molar-refractivity contribution >= 4 is 11.9 Å². The van der Waals surface area contributed by atoms with Crippen LogP contribution in [0.4, 0.5) is 4.39 Å². The second-order valence-electron chi connectivity index (χ2n) is 3.13. The lowest BCUT2D eigenvalue weighted by molar-refractivity contribution is -0.131. The summed E-state index contributed by atoms with van der Waals surface area (Å²) >= 11 is 0. The van der Waals surface area contributed by atoms with E-state index in [4.69, 9.17) is 5.11 Å². The Morgan fingerprint density at radius 1 is 1.31 bits per heavy atom. The van der Waals surface area contributed by atoms with Crippen LogP contribution in [0.5, 0.6) is 0 Å². The number of allylic oxidation sites excluding steroid dienone is 1. The number of carboxylic acid groups (broad SMARTS) is 1. The maximum absolute atomic E-state index is 12.6. The molecule has 0 aliphatic carbocycles. The fourth-order valence-corrected chi connectivity index (χ4v) is 1.07. The number of benzene rings is 1. The van der Waals surface area contributed by atoms with Gasteiger partial charge in [0.15, 0.2) is 0 Å². The van der Waals surface area contributed by atoms with Crippen molar-refractivity contribution in [2.45, 2.75) is 6.92 Å². The Kier molecular flexibility index (Phi) is 3.77. The van der Waals surface area contributed by atoms with Gasteiger partial charge >= 0.3 is 5.97 Å². The Labute approximate surface area is 91.4 Å². The summed E-state index contributed by atoms with van der Waals surface area (Å²) in [5, 5.41) is 10.8. The molecule has 0 heterocycles. The first-order chi connectivity index (χ1) is 7.49. The molecule has 16 heavy (non-hydrogen) atoms. The van der Waals surface area contributed by atoms with Crippen LogP contribution in [-0.2, 0) is 4.79 Å². The van der Waals surface area contributed by atoms with Crippen molar-refractivity contribution in [1.29, 1.82) is 0 Å². The number of nitrogens with one attached hydrogen (secondary N) is 1. The first-order valence-corrected chi connectivity index (χ1v) is 4.47. The predicted octanol–water partition coefficient (Wildman–Crippen LogP) is 1.54. The number of carbonyl (C=O) groups is 2. The zero-order valence-electron chi connectivity index (χ0n) is 8.53. The lowest BCUT2D eigenvalue weighted by Crippen LogP contribution is -2.21. The van der Waals surface area contributed by atoms with Crippen molar-refractivity contribution in [2.75, 3.05) is 0 Å². The topological polar surface area (TPSA) is 66.4 Å². The molecule has 0 fully saturated rings. The SMILES string of the molecule is C/C(=C\C(=O)O)NC(=O)c1ccc(F)cc1. The fraction of sp³-hybridized carbons (Fsp3) is 0.0909. The van der Waals surface area contributed by atoms with Crippen LogP contribution in [0.15, 0.2) is 36.0 Å². The summed E-state index contributed by atoms with van der Waals surface area (Å²) in [5.41, 5.74) is 0.473. The van der Waals surface area contributed by atoms with Crippen molar-refractivity contribution in [3.63, 3.8) is 0 Å². The van der Waals surface area contributed by atoms with Crippen LogP contribution in [0, 0.1) is 5.82 Å². The van der Waals surface area contributed by atoms with Crippen LogP contribution < -0.4 is 5.32 Å². The molecule has 0 atom stereocenters. The third-order valence-electron chi connectivity index (χ3n) is 1.76. The zero-order chi connectivity index (χ0) is 12.1. The summed E-state index contributed by atoms with van der Waals surface area (Å²) in [6.45, 7) is 1.45. The van der Waals surface area contributed by atoms with E-state index in [1.165, 1.54) is 19.1 Å². The molecule has 0 radical (unpaired) electrons. The summed E-state index contributed by atoms with van der Waals surface area (Å²) < 4.78 is 12.6. The lowest BCUT2D eigenvalue weighted by atomic mass is 10.2. The van der Waals surface area contributed by atoms with Gasteiger partial charge in [-0.15, -0.1) is 0 Å². The molecule has 0 aliphatic heterocycles. The van der Waals surface area contributed by atoms with Gasteiger partial charge in [0.2, 0.25) is 0 Å². The Balaban J connectivity index is 2.73. The monoisotopic (exact) mass is 223 g/mol. The van der Waals surface area contributed by atoms with Crippen LogP contribution in [0.1, 0.15) is 17.3 Å². The Morgan fingerprint density at radius 3 is 2.38 bits per heavy atom. The highest BCUT2D eigenvalue weighted by Crippen LogP contribution is 2.03. The Bertz CT molecular complexity index is 437. The van der Waals surface area contributed by atoms with Crippen molar-refractivity contribution in [3.8, 4) is 0 Å². The fourth-order valence-electron chi connectivity index (χ4n) is 1.07. The van der Waals surface area contributed by atoms with Crippen molar-refractivity contribution < 1.29 is 19.1 Å². The first-order valence-electron chi connectivity index (χ1n) is 4.47. The summed E-state index contributed by atoms with van der Waals surface area (Å²) in [4.78, 5) is 21.8. The van der Waals surface area contributed by atoms with Gasteiger partial charge in [0.05, 0.1) is 0 Å². The number of carboxylic acids is 1. The van der Waals surface area contributed by atoms with E-state index in [0.29, 0.717) is 0 Å². The van der Waals surface area contributed by atoms with Gasteiger partial charge in [-0.3, -0.25) is 4.79 Å². The molecular formula is C11H10FNO3. The molecule has 4 nitrogen and oxygen atoms in total.